The summed E-state index contributed by atoms with van der Waals surface area (Å²) in [5.41, 5.74) is 8.11. The van der Waals surface area contributed by atoms with Crippen molar-refractivity contribution in [1.29, 1.82) is 0 Å². The lowest BCUT2D eigenvalue weighted by atomic mass is 9.99. The Kier molecular flexibility index (Phi) is 5.36. The van der Waals surface area contributed by atoms with Crippen LogP contribution in [0.5, 0.6) is 0 Å². The van der Waals surface area contributed by atoms with Gasteiger partial charge in [0.05, 0.1) is 10.9 Å². The fourth-order valence-corrected chi connectivity index (χ4v) is 3.69. The summed E-state index contributed by atoms with van der Waals surface area (Å²) in [7, 11) is 1.93. The Hall–Kier alpha value is -2.77. The molecule has 1 fully saturated rings. The van der Waals surface area contributed by atoms with Crippen molar-refractivity contribution in [2.45, 2.75) is 31.3 Å². The first-order valence-corrected chi connectivity index (χ1v) is 9.57. The average molecular weight is 381 g/mol. The fourth-order valence-electron chi connectivity index (χ4n) is 3.69. The number of hydrogen-bond acceptors (Lipinski definition) is 5. The standard InChI is InChI=1S/C21H24FN5O/c1-27(21-23-18-10-3-2-9-17(18)20(28)24-21)11-5-8-16-13-19(26-25-16)14-6-4-7-15(22)12-14/h2-4,6-7,9-10,12,16,19,25-26H,5,8,11,13H2,1H3,(H,23,24,28). The molecule has 0 aliphatic carbocycles. The molecule has 0 saturated carbocycles. The molecule has 2 heterocycles. The molecule has 0 bridgehead atoms. The van der Waals surface area contributed by atoms with Crippen LogP contribution in [0.3, 0.4) is 0 Å². The minimum Gasteiger partial charge on any atom is -0.345 e. The first kappa shape index (κ1) is 18.6. The van der Waals surface area contributed by atoms with Gasteiger partial charge < -0.3 is 4.90 Å². The van der Waals surface area contributed by atoms with Gasteiger partial charge in [-0.3, -0.25) is 20.6 Å². The van der Waals surface area contributed by atoms with E-state index >= 15 is 0 Å². The molecule has 3 N–H and O–H groups in total. The third-order valence-corrected chi connectivity index (χ3v) is 5.24. The van der Waals surface area contributed by atoms with E-state index in [4.69, 9.17) is 0 Å². The number of halogens is 1. The number of anilines is 1. The number of aromatic amines is 1. The summed E-state index contributed by atoms with van der Waals surface area (Å²) in [5.74, 6) is 0.375. The van der Waals surface area contributed by atoms with Gasteiger partial charge in [-0.1, -0.05) is 24.3 Å². The number of fused-ring (bicyclic) bond motifs is 1. The highest BCUT2D eigenvalue weighted by Gasteiger charge is 2.24. The summed E-state index contributed by atoms with van der Waals surface area (Å²) in [4.78, 5) is 21.6. The number of nitrogens with zero attached hydrogens (tertiary/aromatic N) is 2. The largest absolute Gasteiger partial charge is 0.345 e. The van der Waals surface area contributed by atoms with Gasteiger partial charge in [-0.2, -0.15) is 0 Å². The van der Waals surface area contributed by atoms with E-state index in [1.807, 2.05) is 36.2 Å². The molecule has 0 radical (unpaired) electrons. The SMILES string of the molecule is CN(CCCC1CC(c2cccc(F)c2)NN1)c1nc2ccccc2c(=O)[nH]1. The lowest BCUT2D eigenvalue weighted by Crippen LogP contribution is -2.32. The number of para-hydroxylation sites is 1. The van der Waals surface area contributed by atoms with Crippen molar-refractivity contribution >= 4 is 16.9 Å². The normalized spacial score (nSPS) is 19.2. The number of hydrogen-bond donors (Lipinski definition) is 3. The minimum atomic E-state index is -0.207. The van der Waals surface area contributed by atoms with E-state index in [0.29, 0.717) is 22.9 Å². The molecule has 2 aromatic carbocycles. The summed E-state index contributed by atoms with van der Waals surface area (Å²) in [6, 6.07) is 14.5. The molecular formula is C21H24FN5O. The van der Waals surface area contributed by atoms with E-state index < -0.39 is 0 Å². The molecule has 7 heteroatoms. The highest BCUT2D eigenvalue weighted by molar-refractivity contribution is 5.78. The number of rotatable bonds is 6. The Morgan fingerprint density at radius 3 is 2.89 bits per heavy atom. The third kappa shape index (κ3) is 4.05. The maximum atomic E-state index is 13.4. The molecule has 4 rings (SSSR count). The Bertz CT molecular complexity index is 1020. The predicted molar refractivity (Wildman–Crippen MR) is 109 cm³/mol. The van der Waals surface area contributed by atoms with E-state index in [1.54, 1.807) is 18.2 Å². The lowest BCUT2D eigenvalue weighted by Gasteiger charge is -2.19. The second-order valence-electron chi connectivity index (χ2n) is 7.30. The summed E-state index contributed by atoms with van der Waals surface area (Å²) < 4.78 is 13.4. The summed E-state index contributed by atoms with van der Waals surface area (Å²) in [5, 5.41) is 0.601. The van der Waals surface area contributed by atoms with Crippen LogP contribution >= 0.6 is 0 Å². The topological polar surface area (TPSA) is 73.0 Å². The summed E-state index contributed by atoms with van der Waals surface area (Å²) >= 11 is 0. The molecule has 1 aliphatic rings. The number of benzene rings is 2. The quantitative estimate of drug-likeness (QED) is 0.612. The number of H-pyrrole nitrogens is 1. The number of hydrazine groups is 1. The van der Waals surface area contributed by atoms with E-state index in [-0.39, 0.29) is 17.4 Å². The van der Waals surface area contributed by atoms with Crippen LogP contribution in [0, 0.1) is 5.82 Å². The van der Waals surface area contributed by atoms with Gasteiger partial charge in [0.15, 0.2) is 0 Å². The number of aromatic nitrogens is 2. The second kappa shape index (κ2) is 8.08. The molecule has 1 aliphatic heterocycles. The van der Waals surface area contributed by atoms with Gasteiger partial charge in [0.1, 0.15) is 5.82 Å². The van der Waals surface area contributed by atoms with Gasteiger partial charge in [-0.15, -0.1) is 0 Å². The van der Waals surface area contributed by atoms with Crippen LogP contribution in [0.15, 0.2) is 53.3 Å². The van der Waals surface area contributed by atoms with Crippen molar-refractivity contribution in [3.8, 4) is 0 Å². The predicted octanol–water partition coefficient (Wildman–Crippen LogP) is 2.89. The van der Waals surface area contributed by atoms with Gasteiger partial charge in [0.25, 0.3) is 5.56 Å². The maximum absolute atomic E-state index is 13.4. The Balaban J connectivity index is 1.31. The van der Waals surface area contributed by atoms with Crippen molar-refractivity contribution in [3.05, 3.63) is 70.3 Å². The lowest BCUT2D eigenvalue weighted by molar-refractivity contribution is 0.502. The monoisotopic (exact) mass is 381 g/mol. The summed E-state index contributed by atoms with van der Waals surface area (Å²) in [6.45, 7) is 0.782. The third-order valence-electron chi connectivity index (χ3n) is 5.24. The molecule has 0 amide bonds. The molecule has 6 nitrogen and oxygen atoms in total. The van der Waals surface area contributed by atoms with Gasteiger partial charge in [-0.05, 0) is 49.1 Å². The zero-order valence-electron chi connectivity index (χ0n) is 15.8. The first-order valence-electron chi connectivity index (χ1n) is 9.57. The van der Waals surface area contributed by atoms with Crippen LogP contribution in [0.2, 0.25) is 0 Å². The minimum absolute atomic E-state index is 0.118. The second-order valence-corrected chi connectivity index (χ2v) is 7.30. The van der Waals surface area contributed by atoms with Crippen molar-refractivity contribution in [3.63, 3.8) is 0 Å². The molecule has 1 saturated heterocycles. The van der Waals surface area contributed by atoms with Crippen LogP contribution in [0.4, 0.5) is 10.3 Å². The molecule has 1 aromatic heterocycles. The molecule has 28 heavy (non-hydrogen) atoms. The van der Waals surface area contributed by atoms with Gasteiger partial charge in [0, 0.05) is 25.7 Å². The molecule has 0 spiro atoms. The average Bonchev–Trinajstić information content (AvgIpc) is 3.17. The summed E-state index contributed by atoms with van der Waals surface area (Å²) in [6.07, 6.45) is 2.83. The highest BCUT2D eigenvalue weighted by atomic mass is 19.1. The van der Waals surface area contributed by atoms with E-state index in [0.717, 1.165) is 31.4 Å². The first-order chi connectivity index (χ1) is 13.6. The van der Waals surface area contributed by atoms with Gasteiger partial charge >= 0.3 is 0 Å². The van der Waals surface area contributed by atoms with Crippen LogP contribution in [-0.4, -0.2) is 29.6 Å². The van der Waals surface area contributed by atoms with Gasteiger partial charge in [-0.25, -0.2) is 9.37 Å². The van der Waals surface area contributed by atoms with Crippen LogP contribution < -0.4 is 21.3 Å². The smallest absolute Gasteiger partial charge is 0.260 e. The van der Waals surface area contributed by atoms with Crippen molar-refractivity contribution in [2.75, 3.05) is 18.5 Å². The zero-order valence-corrected chi connectivity index (χ0v) is 15.8. The van der Waals surface area contributed by atoms with Crippen LogP contribution in [0.25, 0.3) is 10.9 Å². The van der Waals surface area contributed by atoms with Crippen molar-refractivity contribution in [1.82, 2.24) is 20.8 Å². The van der Waals surface area contributed by atoms with Gasteiger partial charge in [0.2, 0.25) is 5.95 Å². The Morgan fingerprint density at radius 1 is 1.18 bits per heavy atom. The molecule has 146 valence electrons. The van der Waals surface area contributed by atoms with E-state index in [1.165, 1.54) is 6.07 Å². The zero-order chi connectivity index (χ0) is 19.5. The maximum Gasteiger partial charge on any atom is 0.260 e. The van der Waals surface area contributed by atoms with Crippen molar-refractivity contribution in [2.24, 2.45) is 0 Å². The highest BCUT2D eigenvalue weighted by Crippen LogP contribution is 2.24. The molecular weight excluding hydrogens is 357 g/mol. The molecule has 2 unspecified atom stereocenters. The Labute approximate surface area is 162 Å². The number of nitrogens with one attached hydrogen (secondary N) is 3. The molecule has 2 atom stereocenters. The van der Waals surface area contributed by atoms with Crippen LogP contribution in [-0.2, 0) is 0 Å². The van der Waals surface area contributed by atoms with E-state index in [9.17, 15) is 9.18 Å². The van der Waals surface area contributed by atoms with Crippen molar-refractivity contribution < 1.29 is 4.39 Å². The molecule has 3 aromatic rings. The Morgan fingerprint density at radius 2 is 2.04 bits per heavy atom. The van der Waals surface area contributed by atoms with Crippen LogP contribution in [0.1, 0.15) is 30.9 Å². The fraction of sp³-hybridized carbons (Fsp3) is 0.333. The van der Waals surface area contributed by atoms with E-state index in [2.05, 4.69) is 20.8 Å².